The van der Waals surface area contributed by atoms with E-state index in [0.29, 0.717) is 32.7 Å². The Kier molecular flexibility index (Phi) is 8.16. The fraction of sp³-hybridized carbons (Fsp3) is 0.226. The van der Waals surface area contributed by atoms with E-state index in [4.69, 9.17) is 9.47 Å². The number of thioether (sulfide) groups is 1. The number of fused-ring (bicyclic) bond motifs is 2. The molecule has 45 heavy (non-hydrogen) atoms. The highest BCUT2D eigenvalue weighted by Crippen LogP contribution is 2.53. The van der Waals surface area contributed by atoms with Crippen molar-refractivity contribution in [3.8, 4) is 11.5 Å². The Morgan fingerprint density at radius 1 is 1.02 bits per heavy atom. The number of hydrogen-bond acceptors (Lipinski definition) is 10. The molecule has 3 heterocycles. The number of para-hydroxylation sites is 1. The average molecular weight is 647 g/mol. The molecule has 2 aliphatic rings. The quantitative estimate of drug-likeness (QED) is 0.147. The van der Waals surface area contributed by atoms with Gasteiger partial charge in [-0.05, 0) is 55.3 Å². The summed E-state index contributed by atoms with van der Waals surface area (Å²) in [5, 5.41) is 13.6. The van der Waals surface area contributed by atoms with Gasteiger partial charge in [0.2, 0.25) is 11.8 Å². The number of aromatic amines is 1. The zero-order valence-corrected chi connectivity index (χ0v) is 25.6. The molecule has 1 aromatic heterocycles. The Labute approximate surface area is 264 Å². The highest BCUT2D eigenvalue weighted by atomic mass is 32.2. The second kappa shape index (κ2) is 12.2. The predicted octanol–water partition coefficient (Wildman–Crippen LogP) is 4.87. The van der Waals surface area contributed by atoms with Gasteiger partial charge < -0.3 is 19.8 Å². The van der Waals surface area contributed by atoms with Crippen LogP contribution in [0.25, 0.3) is 0 Å². The van der Waals surface area contributed by atoms with Gasteiger partial charge in [0.15, 0.2) is 18.1 Å². The summed E-state index contributed by atoms with van der Waals surface area (Å²) in [5.41, 5.74) is 2.27. The van der Waals surface area contributed by atoms with Gasteiger partial charge in [0.05, 0.1) is 28.2 Å². The van der Waals surface area contributed by atoms with E-state index in [9.17, 15) is 29.3 Å². The van der Waals surface area contributed by atoms with Crippen LogP contribution >= 0.6 is 23.1 Å². The molecule has 2 aliphatic heterocycles. The Morgan fingerprint density at radius 2 is 1.78 bits per heavy atom. The SMILES string of the molecule is CCOc1cc([C@H]2c3sc(=O)[nH]c3SC3C(=O)N(c4ccc([N+](=O)[O-])cc4)C(=O)C32)ccc1OCC(=O)Nc1ccccc1C. The maximum Gasteiger partial charge on any atom is 0.305 e. The van der Waals surface area contributed by atoms with Crippen LogP contribution in [0.15, 0.2) is 76.6 Å². The average Bonchev–Trinajstić information content (AvgIpc) is 3.51. The molecule has 0 spiro atoms. The number of anilines is 2. The first kappa shape index (κ1) is 30.1. The third-order valence-corrected chi connectivity index (χ3v) is 9.95. The maximum atomic E-state index is 14.0. The van der Waals surface area contributed by atoms with Crippen LogP contribution in [-0.4, -0.2) is 46.1 Å². The number of rotatable bonds is 9. The molecule has 3 aromatic carbocycles. The summed E-state index contributed by atoms with van der Waals surface area (Å²) in [6.45, 7) is 3.69. The fourth-order valence-corrected chi connectivity index (χ4v) is 8.02. The van der Waals surface area contributed by atoms with Gasteiger partial charge in [0.1, 0.15) is 5.25 Å². The van der Waals surface area contributed by atoms with Crippen LogP contribution < -0.4 is 24.6 Å². The number of benzene rings is 3. The standard InChI is InChI=1S/C31H26N4O8S2/c1-3-42-22-14-17(8-13-21(22)43-15-23(36)32-20-7-5-4-6-16(20)2)24-25-27(44-28-26(24)45-31(39)33-28)30(38)34(29(25)37)18-9-11-19(12-10-18)35(40)41/h4-14,24-25,27H,3,15H2,1-2H3,(H,32,36)(H,33,39)/t24-,25?,27?/m1/s1. The van der Waals surface area contributed by atoms with E-state index in [0.717, 1.165) is 33.6 Å². The molecule has 0 saturated carbocycles. The summed E-state index contributed by atoms with van der Waals surface area (Å²) in [6.07, 6.45) is 0. The third-order valence-electron chi connectivity index (χ3n) is 7.55. The molecule has 6 rings (SSSR count). The molecular weight excluding hydrogens is 620 g/mol. The van der Waals surface area contributed by atoms with Gasteiger partial charge in [-0.15, -0.1) is 0 Å². The van der Waals surface area contributed by atoms with Crippen molar-refractivity contribution in [2.24, 2.45) is 5.92 Å². The van der Waals surface area contributed by atoms with Crippen LogP contribution in [0.2, 0.25) is 0 Å². The van der Waals surface area contributed by atoms with Crippen molar-refractivity contribution in [3.05, 3.63) is 103 Å². The minimum atomic E-state index is -0.863. The number of amides is 3. The highest BCUT2D eigenvalue weighted by Gasteiger charge is 2.56. The van der Waals surface area contributed by atoms with E-state index in [1.807, 2.05) is 25.1 Å². The van der Waals surface area contributed by atoms with Crippen LogP contribution in [0.5, 0.6) is 11.5 Å². The van der Waals surface area contributed by atoms with Crippen molar-refractivity contribution in [3.63, 3.8) is 0 Å². The number of non-ortho nitro benzene ring substituents is 1. The lowest BCUT2D eigenvalue weighted by molar-refractivity contribution is -0.384. The molecule has 2 unspecified atom stereocenters. The predicted molar refractivity (Wildman–Crippen MR) is 168 cm³/mol. The molecule has 3 amide bonds. The second-order valence-electron chi connectivity index (χ2n) is 10.3. The number of aromatic nitrogens is 1. The highest BCUT2D eigenvalue weighted by molar-refractivity contribution is 8.00. The van der Waals surface area contributed by atoms with Crippen molar-refractivity contribution >= 4 is 57.9 Å². The number of carbonyl (C=O) groups excluding carboxylic acids is 3. The summed E-state index contributed by atoms with van der Waals surface area (Å²) in [7, 11) is 0. The van der Waals surface area contributed by atoms with E-state index in [2.05, 4.69) is 10.3 Å². The van der Waals surface area contributed by atoms with Crippen LogP contribution in [0, 0.1) is 23.0 Å². The Bertz CT molecular complexity index is 1890. The minimum Gasteiger partial charge on any atom is -0.490 e. The van der Waals surface area contributed by atoms with Crippen molar-refractivity contribution in [2.45, 2.75) is 30.0 Å². The number of ether oxygens (including phenoxy) is 2. The Hall–Kier alpha value is -4.95. The summed E-state index contributed by atoms with van der Waals surface area (Å²) in [4.78, 5) is 67.5. The van der Waals surface area contributed by atoms with Gasteiger partial charge in [0.25, 0.3) is 11.6 Å². The molecule has 1 fully saturated rings. The Morgan fingerprint density at radius 3 is 2.49 bits per heavy atom. The van der Waals surface area contributed by atoms with E-state index in [1.165, 1.54) is 24.3 Å². The molecule has 0 radical (unpaired) electrons. The number of nitro groups is 1. The number of nitro benzene ring substituents is 1. The molecule has 2 N–H and O–H groups in total. The van der Waals surface area contributed by atoms with E-state index in [1.54, 1.807) is 31.2 Å². The number of hydrogen-bond donors (Lipinski definition) is 2. The number of aryl methyl sites for hydroxylation is 1. The molecule has 0 bridgehead atoms. The van der Waals surface area contributed by atoms with Gasteiger partial charge >= 0.3 is 4.87 Å². The van der Waals surface area contributed by atoms with Crippen molar-refractivity contribution in [2.75, 3.05) is 23.4 Å². The van der Waals surface area contributed by atoms with Crippen molar-refractivity contribution in [1.82, 2.24) is 4.98 Å². The van der Waals surface area contributed by atoms with E-state index < -0.39 is 33.8 Å². The summed E-state index contributed by atoms with van der Waals surface area (Å²) in [6, 6.07) is 17.7. The number of H-pyrrole nitrogens is 1. The normalized spacial score (nSPS) is 18.7. The molecular formula is C31H26N4O8S2. The number of nitrogens with zero attached hydrogens (tertiary/aromatic N) is 2. The lowest BCUT2D eigenvalue weighted by Gasteiger charge is -2.30. The topological polar surface area (TPSA) is 161 Å². The summed E-state index contributed by atoms with van der Waals surface area (Å²) < 4.78 is 11.7. The molecule has 230 valence electrons. The number of nitrogens with one attached hydrogen (secondary N) is 2. The number of imide groups is 1. The molecule has 0 aliphatic carbocycles. The number of thiazole rings is 1. The first-order valence-electron chi connectivity index (χ1n) is 13.9. The lowest BCUT2D eigenvalue weighted by Crippen LogP contribution is -2.32. The van der Waals surface area contributed by atoms with Crippen LogP contribution in [0.3, 0.4) is 0 Å². The van der Waals surface area contributed by atoms with Gasteiger partial charge in [-0.1, -0.05) is 47.4 Å². The van der Waals surface area contributed by atoms with Crippen molar-refractivity contribution < 1.29 is 28.8 Å². The van der Waals surface area contributed by atoms with Gasteiger partial charge in [-0.3, -0.25) is 29.3 Å². The number of carbonyl (C=O) groups is 3. The largest absolute Gasteiger partial charge is 0.490 e. The third kappa shape index (κ3) is 5.69. The second-order valence-corrected chi connectivity index (χ2v) is 12.5. The fourth-order valence-electron chi connectivity index (χ4n) is 5.50. The lowest BCUT2D eigenvalue weighted by atomic mass is 9.83. The molecule has 4 aromatic rings. The summed E-state index contributed by atoms with van der Waals surface area (Å²) >= 11 is 2.10. The molecule has 14 heteroatoms. The van der Waals surface area contributed by atoms with E-state index in [-0.39, 0.29) is 35.4 Å². The van der Waals surface area contributed by atoms with Crippen LogP contribution in [0.4, 0.5) is 17.1 Å². The van der Waals surface area contributed by atoms with Gasteiger partial charge in [-0.2, -0.15) is 0 Å². The van der Waals surface area contributed by atoms with Crippen LogP contribution in [0.1, 0.15) is 28.8 Å². The molecule has 1 saturated heterocycles. The maximum absolute atomic E-state index is 14.0. The minimum absolute atomic E-state index is 0.166. The Balaban J connectivity index is 1.31. The first-order chi connectivity index (χ1) is 21.7. The smallest absolute Gasteiger partial charge is 0.305 e. The van der Waals surface area contributed by atoms with Gasteiger partial charge in [-0.25, -0.2) is 4.90 Å². The molecule has 12 nitrogen and oxygen atoms in total. The van der Waals surface area contributed by atoms with Gasteiger partial charge in [0, 0.05) is 28.6 Å². The van der Waals surface area contributed by atoms with Crippen molar-refractivity contribution in [1.29, 1.82) is 0 Å². The van der Waals surface area contributed by atoms with E-state index >= 15 is 0 Å². The monoisotopic (exact) mass is 646 g/mol. The first-order valence-corrected chi connectivity index (χ1v) is 15.6. The molecule has 3 atom stereocenters. The zero-order chi connectivity index (χ0) is 31.8. The zero-order valence-electron chi connectivity index (χ0n) is 24.0. The summed E-state index contributed by atoms with van der Waals surface area (Å²) in [5.74, 6) is -2.20. The van der Waals surface area contributed by atoms with Crippen LogP contribution in [-0.2, 0) is 14.4 Å².